The first-order chi connectivity index (χ1) is 19.9. The van der Waals surface area contributed by atoms with Crippen molar-refractivity contribution in [3.05, 3.63) is 86.6 Å². The number of alkyl halides is 12. The van der Waals surface area contributed by atoms with E-state index in [2.05, 4.69) is 20.9 Å². The molecule has 0 spiro atoms. The van der Waals surface area contributed by atoms with E-state index in [1.807, 2.05) is 0 Å². The smallest absolute Gasteiger partial charge is 0.320 e. The molecule has 3 rings (SSSR count). The van der Waals surface area contributed by atoms with Crippen LogP contribution < -0.4 is 10.2 Å². The fourth-order valence-corrected chi connectivity index (χ4v) is 4.40. The van der Waals surface area contributed by atoms with E-state index in [1.165, 1.54) is 31.3 Å². The van der Waals surface area contributed by atoms with E-state index in [0.717, 1.165) is 23.2 Å². The van der Waals surface area contributed by atoms with Crippen molar-refractivity contribution < 1.29 is 62.3 Å². The molecular formula is C25H13BrClF12N3O2. The number of rotatable bonds is 6. The minimum atomic E-state index is -7.24. The first-order valence-corrected chi connectivity index (χ1v) is 12.5. The Morgan fingerprint density at radius 2 is 1.45 bits per heavy atom. The predicted molar refractivity (Wildman–Crippen MR) is 135 cm³/mol. The molecule has 0 saturated heterocycles. The maximum Gasteiger partial charge on any atom is 0.457 e. The molecule has 0 fully saturated rings. The van der Waals surface area contributed by atoms with Gasteiger partial charge in [0.05, 0.1) is 16.8 Å². The van der Waals surface area contributed by atoms with Crippen LogP contribution in [0.4, 0.5) is 64.1 Å². The van der Waals surface area contributed by atoms with Crippen molar-refractivity contribution in [2.45, 2.75) is 30.1 Å². The lowest BCUT2D eigenvalue weighted by molar-refractivity contribution is -0.389. The quantitative estimate of drug-likeness (QED) is 0.204. The van der Waals surface area contributed by atoms with Gasteiger partial charge in [0.2, 0.25) is 0 Å². The van der Waals surface area contributed by atoms with Crippen molar-refractivity contribution in [1.82, 2.24) is 4.98 Å². The van der Waals surface area contributed by atoms with E-state index in [0.29, 0.717) is 0 Å². The van der Waals surface area contributed by atoms with Crippen LogP contribution in [-0.2, 0) is 11.8 Å². The van der Waals surface area contributed by atoms with Crippen LogP contribution >= 0.6 is 27.5 Å². The summed E-state index contributed by atoms with van der Waals surface area (Å²) in [6, 6.07) is 5.87. The number of benzene rings is 2. The van der Waals surface area contributed by atoms with Crippen molar-refractivity contribution in [1.29, 1.82) is 0 Å². The van der Waals surface area contributed by atoms with Crippen LogP contribution in [0.1, 0.15) is 31.8 Å². The number of pyridine rings is 1. The molecule has 1 atom stereocenters. The summed E-state index contributed by atoms with van der Waals surface area (Å²) in [6.07, 6.45) is -18.9. The van der Waals surface area contributed by atoms with Crippen LogP contribution in [-0.4, -0.2) is 42.1 Å². The number of hydrogen-bond acceptors (Lipinski definition) is 3. The molecule has 238 valence electrons. The molecule has 0 aliphatic rings. The number of anilines is 2. The third-order valence-electron chi connectivity index (χ3n) is 5.99. The van der Waals surface area contributed by atoms with Crippen LogP contribution in [0.2, 0.25) is 5.15 Å². The van der Waals surface area contributed by atoms with E-state index < -0.39 is 74.9 Å². The van der Waals surface area contributed by atoms with Crippen molar-refractivity contribution in [2.24, 2.45) is 0 Å². The van der Waals surface area contributed by atoms with E-state index >= 15 is 0 Å². The molecule has 1 N–H and O–H groups in total. The Hall–Kier alpha value is -3.54. The summed E-state index contributed by atoms with van der Waals surface area (Å²) < 4.78 is 162. The van der Waals surface area contributed by atoms with Gasteiger partial charge >= 0.3 is 30.1 Å². The zero-order valence-electron chi connectivity index (χ0n) is 21.2. The Balaban J connectivity index is 2.07. The molecule has 44 heavy (non-hydrogen) atoms. The topological polar surface area (TPSA) is 62.3 Å². The molecule has 5 nitrogen and oxygen atoms in total. The zero-order valence-corrected chi connectivity index (χ0v) is 23.5. The van der Waals surface area contributed by atoms with Gasteiger partial charge in [-0.15, -0.1) is 0 Å². The molecule has 3 aromatic rings. The van der Waals surface area contributed by atoms with E-state index in [9.17, 15) is 62.3 Å². The van der Waals surface area contributed by atoms with Gasteiger partial charge in [-0.05, 0) is 58.4 Å². The summed E-state index contributed by atoms with van der Waals surface area (Å²) in [7, 11) is 1.26. The Morgan fingerprint density at radius 3 is 1.95 bits per heavy atom. The van der Waals surface area contributed by atoms with Crippen LogP contribution in [0.5, 0.6) is 0 Å². The number of hydrogen-bond donors (Lipinski definition) is 1. The highest BCUT2D eigenvalue weighted by atomic mass is 79.9. The Morgan fingerprint density at radius 1 is 0.841 bits per heavy atom. The van der Waals surface area contributed by atoms with Crippen molar-refractivity contribution in [3.8, 4) is 0 Å². The molecule has 19 heteroatoms. The summed E-state index contributed by atoms with van der Waals surface area (Å²) in [5, 5.41) is 1.75. The average Bonchev–Trinajstić information content (AvgIpc) is 2.91. The second-order valence-electron chi connectivity index (χ2n) is 8.84. The van der Waals surface area contributed by atoms with Gasteiger partial charge in [-0.25, -0.2) is 9.37 Å². The normalized spacial score (nSPS) is 14.2. The molecular weight excluding hydrogens is 718 g/mol. The van der Waals surface area contributed by atoms with Gasteiger partial charge in [0.25, 0.3) is 11.8 Å². The van der Waals surface area contributed by atoms with E-state index in [4.69, 9.17) is 11.6 Å². The summed E-state index contributed by atoms with van der Waals surface area (Å²) in [4.78, 5) is 30.3. The van der Waals surface area contributed by atoms with Gasteiger partial charge in [-0.3, -0.25) is 9.59 Å². The number of carbonyl (C=O) groups is 2. The highest BCUT2D eigenvalue weighted by Gasteiger charge is 2.82. The highest BCUT2D eigenvalue weighted by Crippen LogP contribution is 2.59. The molecule has 0 radical (unpaired) electrons. The Labute approximate surface area is 251 Å². The van der Waals surface area contributed by atoms with Crippen LogP contribution in [0.15, 0.2) is 59.2 Å². The van der Waals surface area contributed by atoms with Gasteiger partial charge in [-0.1, -0.05) is 17.7 Å². The molecule has 0 saturated carbocycles. The van der Waals surface area contributed by atoms with Crippen molar-refractivity contribution in [2.75, 3.05) is 17.3 Å². The van der Waals surface area contributed by atoms with Gasteiger partial charge in [0.15, 0.2) is 0 Å². The molecule has 0 aliphatic carbocycles. The first-order valence-electron chi connectivity index (χ1n) is 11.4. The fraction of sp³-hybridized carbons (Fsp3) is 0.240. The minimum absolute atomic E-state index is 0.00447. The maximum atomic E-state index is 14.9. The SMILES string of the molecule is CN(C(=O)c1ccc(Cl)nc1)c1cccc(C(=O)Nc2c(Br)cc(C(F)(C(F)(F)F)C(F)(F)C(F)(F)F)cc2C(F)(F)F)c1. The molecule has 2 aromatic carbocycles. The lowest BCUT2D eigenvalue weighted by Crippen LogP contribution is -2.59. The predicted octanol–water partition coefficient (Wildman–Crippen LogP) is 8.97. The number of nitrogens with one attached hydrogen (secondary N) is 1. The van der Waals surface area contributed by atoms with E-state index in [-0.39, 0.29) is 22.5 Å². The number of halogens is 14. The summed E-state index contributed by atoms with van der Waals surface area (Å²) in [5.74, 6) is -9.31. The van der Waals surface area contributed by atoms with Crippen LogP contribution in [0, 0.1) is 0 Å². The highest BCUT2D eigenvalue weighted by molar-refractivity contribution is 9.10. The zero-order chi connectivity index (χ0) is 33.6. The molecule has 2 amide bonds. The van der Waals surface area contributed by atoms with Gasteiger partial charge in [-0.2, -0.15) is 48.3 Å². The fourth-order valence-electron chi connectivity index (χ4n) is 3.73. The first kappa shape index (κ1) is 34.9. The third kappa shape index (κ3) is 6.45. The molecule has 0 aliphatic heterocycles. The van der Waals surface area contributed by atoms with Crippen molar-refractivity contribution >= 4 is 50.7 Å². The second-order valence-corrected chi connectivity index (χ2v) is 10.1. The largest absolute Gasteiger partial charge is 0.457 e. The number of amides is 2. The monoisotopic (exact) mass is 729 g/mol. The lowest BCUT2D eigenvalue weighted by Gasteiger charge is -2.36. The lowest BCUT2D eigenvalue weighted by atomic mass is 9.86. The van der Waals surface area contributed by atoms with Crippen LogP contribution in [0.3, 0.4) is 0 Å². The third-order valence-corrected chi connectivity index (χ3v) is 6.83. The molecule has 0 bridgehead atoms. The minimum Gasteiger partial charge on any atom is -0.320 e. The molecule has 1 heterocycles. The number of carbonyl (C=O) groups excluding carboxylic acids is 2. The summed E-state index contributed by atoms with van der Waals surface area (Å²) in [5.41, 5.74) is -13.6. The van der Waals surface area contributed by atoms with E-state index in [1.54, 1.807) is 5.32 Å². The Kier molecular flexibility index (Phi) is 9.34. The molecule has 1 aromatic heterocycles. The van der Waals surface area contributed by atoms with Gasteiger partial charge in [0, 0.05) is 34.5 Å². The number of nitrogens with zero attached hydrogens (tertiary/aromatic N) is 2. The van der Waals surface area contributed by atoms with Crippen molar-refractivity contribution in [3.63, 3.8) is 0 Å². The Bertz CT molecular complexity index is 1580. The number of aromatic nitrogens is 1. The van der Waals surface area contributed by atoms with Crippen LogP contribution in [0.25, 0.3) is 0 Å². The second kappa shape index (κ2) is 11.8. The standard InChI is InChI=1S/C25H13BrClF12N3O2/c1-42(20(44)12-5-6-17(27)40-10-12)14-4-2-3-11(7-14)19(43)41-18-15(22(29,30)31)8-13(9-16(18)26)21(28,24(34,35)36)23(32,33)25(37,38)39/h2-10H,1H3,(H,41,43). The summed E-state index contributed by atoms with van der Waals surface area (Å²) >= 11 is 7.99. The maximum absolute atomic E-state index is 14.9. The summed E-state index contributed by atoms with van der Waals surface area (Å²) in [6.45, 7) is 0. The average molecular weight is 731 g/mol. The van der Waals surface area contributed by atoms with Gasteiger partial charge in [0.1, 0.15) is 5.15 Å². The van der Waals surface area contributed by atoms with Gasteiger partial charge < -0.3 is 10.2 Å². The molecule has 1 unspecified atom stereocenters.